The van der Waals surface area contributed by atoms with Gasteiger partial charge in [0.25, 0.3) is 0 Å². The third-order valence-corrected chi connectivity index (χ3v) is 5.63. The molecule has 5 rings (SSSR count). The first-order valence-electron chi connectivity index (χ1n) is 10.5. The molecular formula is C27H18F3N2O2. The molecule has 4 aromatic carbocycles. The van der Waals surface area contributed by atoms with E-state index in [1.165, 1.54) is 0 Å². The second-order valence-corrected chi connectivity index (χ2v) is 7.86. The molecule has 0 saturated carbocycles. The van der Waals surface area contributed by atoms with Crippen molar-refractivity contribution in [3.8, 4) is 11.5 Å². The van der Waals surface area contributed by atoms with Crippen molar-refractivity contribution >= 4 is 27.7 Å². The van der Waals surface area contributed by atoms with Gasteiger partial charge in [-0.05, 0) is 60.2 Å². The molecule has 2 N–H and O–H groups in total. The van der Waals surface area contributed by atoms with Crippen LogP contribution >= 0.6 is 0 Å². The number of nitrogens with zero attached hydrogens (tertiary/aromatic N) is 1. The molecule has 0 bridgehead atoms. The summed E-state index contributed by atoms with van der Waals surface area (Å²) in [6, 6.07) is 26.4. The van der Waals surface area contributed by atoms with Crippen molar-refractivity contribution in [1.29, 1.82) is 0 Å². The van der Waals surface area contributed by atoms with Crippen LogP contribution in [0.3, 0.4) is 0 Å². The predicted octanol–water partition coefficient (Wildman–Crippen LogP) is 6.55. The van der Waals surface area contributed by atoms with E-state index < -0.39 is 17.6 Å². The van der Waals surface area contributed by atoms with Crippen molar-refractivity contribution in [2.45, 2.75) is 12.7 Å². The topological polar surface area (TPSA) is 57.2 Å². The van der Waals surface area contributed by atoms with Gasteiger partial charge in [0.15, 0.2) is 0 Å². The van der Waals surface area contributed by atoms with Crippen LogP contribution in [0.1, 0.15) is 21.5 Å². The van der Waals surface area contributed by atoms with E-state index in [1.807, 2.05) is 42.5 Å². The van der Waals surface area contributed by atoms with Gasteiger partial charge >= 0.3 is 6.18 Å². The largest absolute Gasteiger partial charge is 0.457 e. The van der Waals surface area contributed by atoms with Crippen LogP contribution in [0.15, 0.2) is 84.9 Å². The third kappa shape index (κ3) is 3.96. The molecule has 0 aliphatic carbocycles. The number of alkyl halides is 3. The van der Waals surface area contributed by atoms with Crippen LogP contribution < -0.4 is 10.5 Å². The second-order valence-electron chi connectivity index (χ2n) is 7.86. The molecule has 0 unspecified atom stereocenters. The average Bonchev–Trinajstić information content (AvgIpc) is 3.13. The smallest absolute Gasteiger partial charge is 0.416 e. The normalized spacial score (nSPS) is 11.7. The molecule has 1 amide bonds. The molecule has 7 heteroatoms. The van der Waals surface area contributed by atoms with E-state index in [4.69, 9.17) is 10.5 Å². The molecule has 0 aliphatic rings. The van der Waals surface area contributed by atoms with E-state index in [0.29, 0.717) is 33.3 Å². The number of aromatic nitrogens is 1. The number of halogens is 3. The summed E-state index contributed by atoms with van der Waals surface area (Å²) in [5.74, 6) is 0.688. The third-order valence-electron chi connectivity index (χ3n) is 5.63. The first kappa shape index (κ1) is 21.6. The van der Waals surface area contributed by atoms with Crippen LogP contribution in [0.4, 0.5) is 13.2 Å². The van der Waals surface area contributed by atoms with E-state index in [1.54, 1.807) is 34.9 Å². The van der Waals surface area contributed by atoms with E-state index in [2.05, 4.69) is 6.07 Å². The number of primary amides is 1. The summed E-state index contributed by atoms with van der Waals surface area (Å²) in [4.78, 5) is 12.0. The molecule has 169 valence electrons. The fourth-order valence-electron chi connectivity index (χ4n) is 4.07. The second kappa shape index (κ2) is 8.26. The van der Waals surface area contributed by atoms with Crippen LogP contribution in [-0.2, 0) is 12.7 Å². The summed E-state index contributed by atoms with van der Waals surface area (Å²) in [6.45, 7) is 0.281. The van der Waals surface area contributed by atoms with Crippen LogP contribution in [-0.4, -0.2) is 10.5 Å². The maximum Gasteiger partial charge on any atom is 0.416 e. The highest BCUT2D eigenvalue weighted by Crippen LogP contribution is 2.37. The lowest BCUT2D eigenvalue weighted by Gasteiger charge is -2.11. The van der Waals surface area contributed by atoms with Crippen LogP contribution in [0.5, 0.6) is 11.5 Å². The summed E-state index contributed by atoms with van der Waals surface area (Å²) in [5, 5.41) is 0.907. The van der Waals surface area contributed by atoms with Crippen molar-refractivity contribution in [3.05, 3.63) is 108 Å². The molecule has 1 radical (unpaired) electrons. The molecule has 5 aromatic rings. The highest BCUT2D eigenvalue weighted by Gasteiger charge is 2.31. The van der Waals surface area contributed by atoms with E-state index >= 15 is 0 Å². The lowest BCUT2D eigenvalue weighted by molar-refractivity contribution is -0.137. The Morgan fingerprint density at radius 1 is 0.912 bits per heavy atom. The number of carbonyl (C=O) groups is 1. The summed E-state index contributed by atoms with van der Waals surface area (Å²) in [6.07, 6.45) is -4.52. The number of para-hydroxylation sites is 1. The molecule has 1 heterocycles. The lowest BCUT2D eigenvalue weighted by Crippen LogP contribution is -2.11. The fourth-order valence-corrected chi connectivity index (χ4v) is 4.07. The summed E-state index contributed by atoms with van der Waals surface area (Å²) >= 11 is 0. The maximum atomic E-state index is 13.4. The van der Waals surface area contributed by atoms with E-state index in [9.17, 15) is 18.0 Å². The van der Waals surface area contributed by atoms with Gasteiger partial charge in [-0.3, -0.25) is 4.79 Å². The molecule has 0 atom stereocenters. The number of ether oxygens (including phenoxy) is 1. The fraction of sp³-hybridized carbons (Fsp3) is 0.0741. The maximum absolute atomic E-state index is 13.4. The lowest BCUT2D eigenvalue weighted by atomic mass is 10.0. The highest BCUT2D eigenvalue weighted by atomic mass is 19.4. The van der Waals surface area contributed by atoms with Crippen LogP contribution in [0.2, 0.25) is 0 Å². The molecular weight excluding hydrogens is 441 g/mol. The predicted molar refractivity (Wildman–Crippen MR) is 124 cm³/mol. The minimum absolute atomic E-state index is 0.240. The Balaban J connectivity index is 1.60. The van der Waals surface area contributed by atoms with Gasteiger partial charge in [-0.2, -0.15) is 13.2 Å². The van der Waals surface area contributed by atoms with Gasteiger partial charge in [0, 0.05) is 22.9 Å². The Labute approximate surface area is 193 Å². The van der Waals surface area contributed by atoms with Gasteiger partial charge in [-0.1, -0.05) is 36.4 Å². The zero-order chi connectivity index (χ0) is 23.9. The molecule has 0 fully saturated rings. The Kier molecular flexibility index (Phi) is 5.24. The van der Waals surface area contributed by atoms with Crippen molar-refractivity contribution < 1.29 is 22.7 Å². The summed E-state index contributed by atoms with van der Waals surface area (Å²) < 4.78 is 47.9. The summed E-state index contributed by atoms with van der Waals surface area (Å²) in [7, 11) is 0. The Morgan fingerprint density at radius 2 is 1.62 bits per heavy atom. The summed E-state index contributed by atoms with van der Waals surface area (Å²) in [5.41, 5.74) is 6.76. The quantitative estimate of drug-likeness (QED) is 0.324. The van der Waals surface area contributed by atoms with Crippen LogP contribution in [0.25, 0.3) is 21.8 Å². The van der Waals surface area contributed by atoms with Gasteiger partial charge in [0.2, 0.25) is 5.91 Å². The minimum Gasteiger partial charge on any atom is -0.457 e. The standard InChI is InChI=1S/C27H18F3N2O2/c28-27(29,30)18-11-14-21-24(15-18)32(23-8-4-7-22(25(21)23)26(31)33)16-17-9-12-20(13-10-17)34-19-5-2-1-3-6-19/h1-13,15H,16H2,(H2,31,33). The zero-order valence-corrected chi connectivity index (χ0v) is 17.8. The number of fused-ring (bicyclic) bond motifs is 3. The zero-order valence-electron chi connectivity index (χ0n) is 17.8. The molecule has 34 heavy (non-hydrogen) atoms. The SMILES string of the molecule is NC(=O)c1cccc2c1c1[c]cc(C(F)(F)F)cc1n2Cc1ccc(Oc2ccccc2)cc1. The number of rotatable bonds is 5. The van der Waals surface area contributed by atoms with Gasteiger partial charge < -0.3 is 15.0 Å². The molecule has 1 aromatic heterocycles. The number of hydrogen-bond donors (Lipinski definition) is 1. The number of benzene rings is 4. The van der Waals surface area contributed by atoms with Crippen molar-refractivity contribution in [1.82, 2.24) is 4.57 Å². The van der Waals surface area contributed by atoms with Gasteiger partial charge in [-0.25, -0.2) is 0 Å². The number of amides is 1. The van der Waals surface area contributed by atoms with Crippen molar-refractivity contribution in [3.63, 3.8) is 0 Å². The van der Waals surface area contributed by atoms with Crippen molar-refractivity contribution in [2.75, 3.05) is 0 Å². The van der Waals surface area contributed by atoms with Crippen molar-refractivity contribution in [2.24, 2.45) is 5.73 Å². The van der Waals surface area contributed by atoms with Crippen LogP contribution in [0, 0.1) is 6.07 Å². The average molecular weight is 459 g/mol. The Bertz CT molecular complexity index is 1510. The first-order chi connectivity index (χ1) is 16.3. The highest BCUT2D eigenvalue weighted by molar-refractivity contribution is 6.17. The molecule has 0 aliphatic heterocycles. The Morgan fingerprint density at radius 3 is 2.29 bits per heavy atom. The molecule has 4 nitrogen and oxygen atoms in total. The monoisotopic (exact) mass is 459 g/mol. The van der Waals surface area contributed by atoms with Gasteiger partial charge in [-0.15, -0.1) is 0 Å². The molecule has 0 spiro atoms. The van der Waals surface area contributed by atoms with E-state index in [-0.39, 0.29) is 12.1 Å². The number of carbonyl (C=O) groups excluding carboxylic acids is 1. The van der Waals surface area contributed by atoms with Gasteiger partial charge in [0.1, 0.15) is 11.5 Å². The van der Waals surface area contributed by atoms with E-state index in [0.717, 1.165) is 17.7 Å². The Hall–Kier alpha value is -4.26. The number of hydrogen-bond acceptors (Lipinski definition) is 2. The minimum atomic E-state index is -4.52. The molecule has 0 saturated heterocycles. The first-order valence-corrected chi connectivity index (χ1v) is 10.5. The number of nitrogens with two attached hydrogens (primary N) is 1. The van der Waals surface area contributed by atoms with Gasteiger partial charge in [0.05, 0.1) is 16.6 Å².